The van der Waals surface area contributed by atoms with E-state index >= 15 is 0 Å². The van der Waals surface area contributed by atoms with Crippen LogP contribution in [0.15, 0.2) is 36.4 Å². The van der Waals surface area contributed by atoms with Crippen molar-refractivity contribution >= 4 is 34.6 Å². The minimum Gasteiger partial charge on any atom is -0.495 e. The number of carboxylic acids is 1. The van der Waals surface area contributed by atoms with Crippen molar-refractivity contribution in [1.82, 2.24) is 0 Å². The summed E-state index contributed by atoms with van der Waals surface area (Å²) >= 11 is 6.21. The Hall–Kier alpha value is -2.44. The Labute approximate surface area is 195 Å². The maximum atomic E-state index is 11.4. The fourth-order valence-electron chi connectivity index (χ4n) is 4.38. The van der Waals surface area contributed by atoms with Gasteiger partial charge in [0.25, 0.3) is 0 Å². The molecule has 0 unspecified atom stereocenters. The van der Waals surface area contributed by atoms with Gasteiger partial charge in [0.1, 0.15) is 5.75 Å². The van der Waals surface area contributed by atoms with Crippen molar-refractivity contribution in [3.63, 3.8) is 0 Å². The molecule has 0 saturated carbocycles. The van der Waals surface area contributed by atoms with Gasteiger partial charge in [-0.25, -0.2) is 0 Å². The van der Waals surface area contributed by atoms with Crippen LogP contribution < -0.4 is 15.0 Å². The minimum atomic E-state index is -0.782. The monoisotopic (exact) mass is 460 g/mol. The second-order valence-electron chi connectivity index (χ2n) is 8.08. The SMILES string of the molecule is CC[C@H](CC(=O)O)c1ccc(N(CC)C2CCOCC2)c(Nc2ccc(Cl)c(OC)c2)c1. The summed E-state index contributed by atoms with van der Waals surface area (Å²) in [5.41, 5.74) is 3.93. The Bertz CT molecular complexity index is 915. The van der Waals surface area contributed by atoms with Crippen molar-refractivity contribution in [1.29, 1.82) is 0 Å². The molecule has 2 aromatic carbocycles. The number of nitrogens with one attached hydrogen (secondary N) is 1. The van der Waals surface area contributed by atoms with Crippen LogP contribution in [0.3, 0.4) is 0 Å². The van der Waals surface area contributed by atoms with Crippen molar-refractivity contribution in [3.05, 3.63) is 47.0 Å². The van der Waals surface area contributed by atoms with Crippen LogP contribution in [0.5, 0.6) is 5.75 Å². The summed E-state index contributed by atoms with van der Waals surface area (Å²) in [7, 11) is 1.60. The lowest BCUT2D eigenvalue weighted by molar-refractivity contribution is -0.137. The van der Waals surface area contributed by atoms with Gasteiger partial charge in [0.15, 0.2) is 0 Å². The lowest BCUT2D eigenvalue weighted by atomic mass is 9.92. The summed E-state index contributed by atoms with van der Waals surface area (Å²) < 4.78 is 10.9. The topological polar surface area (TPSA) is 71.0 Å². The van der Waals surface area contributed by atoms with Gasteiger partial charge in [0, 0.05) is 37.6 Å². The largest absolute Gasteiger partial charge is 0.495 e. The third kappa shape index (κ3) is 5.87. The lowest BCUT2D eigenvalue weighted by Crippen LogP contribution is -2.39. The molecule has 7 heteroatoms. The Morgan fingerprint density at radius 1 is 1.25 bits per heavy atom. The number of hydrogen-bond acceptors (Lipinski definition) is 5. The van der Waals surface area contributed by atoms with Crippen LogP contribution in [-0.4, -0.2) is 44.0 Å². The molecule has 0 amide bonds. The third-order valence-corrected chi connectivity index (χ3v) is 6.43. The number of carboxylic acid groups (broad SMARTS) is 1. The van der Waals surface area contributed by atoms with Crippen LogP contribution in [0.4, 0.5) is 17.1 Å². The number of methoxy groups -OCH3 is 1. The number of hydrogen-bond donors (Lipinski definition) is 2. The van der Waals surface area contributed by atoms with Gasteiger partial charge in [-0.15, -0.1) is 0 Å². The predicted octanol–water partition coefficient (Wildman–Crippen LogP) is 6.07. The number of benzene rings is 2. The molecule has 174 valence electrons. The molecule has 2 N–H and O–H groups in total. The fraction of sp³-hybridized carbons (Fsp3) is 0.480. The van der Waals surface area contributed by atoms with Gasteiger partial charge in [0.05, 0.1) is 29.9 Å². The summed E-state index contributed by atoms with van der Waals surface area (Å²) in [6, 6.07) is 12.3. The minimum absolute atomic E-state index is 0.0417. The highest BCUT2D eigenvalue weighted by Crippen LogP contribution is 2.37. The molecule has 0 bridgehead atoms. The number of ether oxygens (including phenoxy) is 2. The summed E-state index contributed by atoms with van der Waals surface area (Å²) in [5.74, 6) is -0.223. The standard InChI is InChI=1S/C25H33ClN2O4/c1-4-17(15-25(29)30)18-6-9-23(28(5-2)20-10-12-32-13-11-20)22(14-18)27-19-7-8-21(26)24(16-19)31-3/h6-9,14,16-17,20,27H,4-5,10-13,15H2,1-3H3,(H,29,30)/t17-/m1/s1. The van der Waals surface area contributed by atoms with E-state index in [0.29, 0.717) is 16.8 Å². The number of nitrogens with zero attached hydrogens (tertiary/aromatic N) is 1. The number of carbonyl (C=O) groups is 1. The zero-order chi connectivity index (χ0) is 23.1. The highest BCUT2D eigenvalue weighted by Gasteiger charge is 2.24. The Morgan fingerprint density at radius 2 is 2.00 bits per heavy atom. The zero-order valence-electron chi connectivity index (χ0n) is 19.1. The van der Waals surface area contributed by atoms with E-state index in [-0.39, 0.29) is 12.3 Å². The first-order valence-electron chi connectivity index (χ1n) is 11.3. The third-order valence-electron chi connectivity index (χ3n) is 6.12. The van der Waals surface area contributed by atoms with Gasteiger partial charge in [-0.1, -0.05) is 24.6 Å². The molecule has 1 heterocycles. The van der Waals surface area contributed by atoms with Crippen LogP contribution in [-0.2, 0) is 9.53 Å². The number of halogens is 1. The summed E-state index contributed by atoms with van der Waals surface area (Å²) in [6.07, 6.45) is 2.85. The zero-order valence-corrected chi connectivity index (χ0v) is 19.8. The molecule has 1 fully saturated rings. The average Bonchev–Trinajstić information content (AvgIpc) is 2.80. The molecule has 0 radical (unpaired) electrons. The number of rotatable bonds is 10. The second kappa shape index (κ2) is 11.4. The van der Waals surface area contributed by atoms with Crippen molar-refractivity contribution in [2.24, 2.45) is 0 Å². The molecule has 0 aromatic heterocycles. The molecule has 2 aromatic rings. The van der Waals surface area contributed by atoms with Gasteiger partial charge in [0.2, 0.25) is 0 Å². The molecule has 1 aliphatic rings. The highest BCUT2D eigenvalue weighted by molar-refractivity contribution is 6.32. The number of aliphatic carboxylic acids is 1. The van der Waals surface area contributed by atoms with E-state index in [2.05, 4.69) is 35.3 Å². The lowest BCUT2D eigenvalue weighted by Gasteiger charge is -2.37. The Balaban J connectivity index is 2.02. The van der Waals surface area contributed by atoms with Gasteiger partial charge in [-0.2, -0.15) is 0 Å². The van der Waals surface area contributed by atoms with Crippen LogP contribution in [0, 0.1) is 0 Å². The molecule has 3 rings (SSSR count). The van der Waals surface area contributed by atoms with E-state index in [0.717, 1.165) is 61.6 Å². The van der Waals surface area contributed by atoms with E-state index in [1.807, 2.05) is 25.1 Å². The first-order chi connectivity index (χ1) is 15.5. The average molecular weight is 461 g/mol. The smallest absolute Gasteiger partial charge is 0.303 e. The van der Waals surface area contributed by atoms with Crippen LogP contribution >= 0.6 is 11.6 Å². The molecule has 0 spiro atoms. The summed E-state index contributed by atoms with van der Waals surface area (Å²) in [4.78, 5) is 13.8. The molecule has 0 aliphatic carbocycles. The molecule has 1 saturated heterocycles. The van der Waals surface area contributed by atoms with Crippen molar-refractivity contribution in [2.45, 2.75) is 51.5 Å². The highest BCUT2D eigenvalue weighted by atomic mass is 35.5. The molecular formula is C25H33ClN2O4. The van der Waals surface area contributed by atoms with Gasteiger partial charge < -0.3 is 24.8 Å². The molecule has 6 nitrogen and oxygen atoms in total. The molecular weight excluding hydrogens is 428 g/mol. The first-order valence-corrected chi connectivity index (χ1v) is 11.6. The van der Waals surface area contributed by atoms with Crippen LogP contribution in [0.1, 0.15) is 51.0 Å². The maximum Gasteiger partial charge on any atom is 0.303 e. The van der Waals surface area contributed by atoms with Crippen molar-refractivity contribution in [2.75, 3.05) is 37.1 Å². The van der Waals surface area contributed by atoms with E-state index in [4.69, 9.17) is 21.1 Å². The van der Waals surface area contributed by atoms with Gasteiger partial charge in [-0.3, -0.25) is 4.79 Å². The van der Waals surface area contributed by atoms with Gasteiger partial charge >= 0.3 is 5.97 Å². The summed E-state index contributed by atoms with van der Waals surface area (Å²) in [5, 5.41) is 13.4. The fourth-order valence-corrected chi connectivity index (χ4v) is 4.58. The normalized spacial score (nSPS) is 15.2. The first kappa shape index (κ1) is 24.2. The van der Waals surface area contributed by atoms with E-state index in [1.54, 1.807) is 7.11 Å². The van der Waals surface area contributed by atoms with E-state index in [1.165, 1.54) is 0 Å². The molecule has 32 heavy (non-hydrogen) atoms. The summed E-state index contributed by atoms with van der Waals surface area (Å²) in [6.45, 7) is 6.60. The van der Waals surface area contributed by atoms with E-state index < -0.39 is 5.97 Å². The van der Waals surface area contributed by atoms with Gasteiger partial charge in [-0.05, 0) is 61.9 Å². The van der Waals surface area contributed by atoms with Crippen LogP contribution in [0.25, 0.3) is 0 Å². The molecule has 1 aliphatic heterocycles. The van der Waals surface area contributed by atoms with Crippen LogP contribution in [0.2, 0.25) is 5.02 Å². The van der Waals surface area contributed by atoms with Crippen molar-refractivity contribution < 1.29 is 19.4 Å². The number of anilines is 3. The molecule has 1 atom stereocenters. The van der Waals surface area contributed by atoms with Crippen molar-refractivity contribution in [3.8, 4) is 5.75 Å². The maximum absolute atomic E-state index is 11.4. The quantitative estimate of drug-likeness (QED) is 0.448. The van der Waals surface area contributed by atoms with E-state index in [9.17, 15) is 9.90 Å². The Kier molecular flexibility index (Phi) is 8.65. The second-order valence-corrected chi connectivity index (χ2v) is 8.49. The predicted molar refractivity (Wildman–Crippen MR) is 130 cm³/mol. The Morgan fingerprint density at radius 3 is 2.62 bits per heavy atom.